The third kappa shape index (κ3) is 5.01. The molecule has 0 aliphatic carbocycles. The molecule has 6 nitrogen and oxygen atoms in total. The van der Waals surface area contributed by atoms with Gasteiger partial charge in [0.1, 0.15) is 0 Å². The second-order valence-corrected chi connectivity index (χ2v) is 6.14. The van der Waals surface area contributed by atoms with Crippen molar-refractivity contribution in [1.82, 2.24) is 4.90 Å². The Balaban J connectivity index is 1.59. The molecule has 9 heteroatoms. The fourth-order valence-corrected chi connectivity index (χ4v) is 2.71. The minimum absolute atomic E-state index is 0.0199. The van der Waals surface area contributed by atoms with Crippen molar-refractivity contribution >= 4 is 23.3 Å². The minimum Gasteiger partial charge on any atom is -0.378 e. The number of halogens is 3. The van der Waals surface area contributed by atoms with Crippen LogP contribution < -0.4 is 10.6 Å². The Bertz CT molecular complexity index is 847. The lowest BCUT2D eigenvalue weighted by Gasteiger charge is -2.26. The van der Waals surface area contributed by atoms with Gasteiger partial charge in [-0.25, -0.2) is 4.79 Å². The Morgan fingerprint density at radius 1 is 0.929 bits per heavy atom. The first kappa shape index (κ1) is 19.7. The predicted octanol–water partition coefficient (Wildman–Crippen LogP) is 3.82. The molecule has 0 radical (unpaired) electrons. The molecule has 2 N–H and O–H groups in total. The molecular formula is C19H18F3N3O3. The van der Waals surface area contributed by atoms with Crippen LogP contribution >= 0.6 is 0 Å². The number of amides is 3. The smallest absolute Gasteiger partial charge is 0.378 e. The van der Waals surface area contributed by atoms with Crippen LogP contribution in [0.15, 0.2) is 48.5 Å². The molecule has 0 aromatic heterocycles. The van der Waals surface area contributed by atoms with E-state index in [-0.39, 0.29) is 11.6 Å². The fourth-order valence-electron chi connectivity index (χ4n) is 2.71. The van der Waals surface area contributed by atoms with E-state index in [1.807, 2.05) is 0 Å². The highest BCUT2D eigenvalue weighted by Crippen LogP contribution is 2.30. The van der Waals surface area contributed by atoms with Crippen molar-refractivity contribution in [1.29, 1.82) is 0 Å². The molecule has 3 rings (SSSR count). The number of hydrogen-bond acceptors (Lipinski definition) is 3. The van der Waals surface area contributed by atoms with Gasteiger partial charge in [-0.15, -0.1) is 0 Å². The summed E-state index contributed by atoms with van der Waals surface area (Å²) in [7, 11) is 0. The summed E-state index contributed by atoms with van der Waals surface area (Å²) in [6.45, 7) is 2.05. The number of alkyl halides is 3. The summed E-state index contributed by atoms with van der Waals surface area (Å²) in [5, 5.41) is 4.87. The van der Waals surface area contributed by atoms with Gasteiger partial charge >= 0.3 is 12.2 Å². The molecule has 1 aliphatic rings. The Morgan fingerprint density at radius 2 is 1.57 bits per heavy atom. The van der Waals surface area contributed by atoms with Gasteiger partial charge in [0.25, 0.3) is 5.91 Å². The summed E-state index contributed by atoms with van der Waals surface area (Å²) in [6, 6.07) is 9.93. The van der Waals surface area contributed by atoms with E-state index in [0.29, 0.717) is 37.6 Å². The maximum atomic E-state index is 12.7. The summed E-state index contributed by atoms with van der Waals surface area (Å²) in [6.07, 6.45) is -4.49. The van der Waals surface area contributed by atoms with E-state index in [4.69, 9.17) is 4.74 Å². The summed E-state index contributed by atoms with van der Waals surface area (Å²) in [5.41, 5.74) is 0.0523. The first-order valence-electron chi connectivity index (χ1n) is 8.55. The van der Waals surface area contributed by atoms with Crippen LogP contribution in [0.4, 0.5) is 29.3 Å². The van der Waals surface area contributed by atoms with Gasteiger partial charge in [0.05, 0.1) is 18.8 Å². The molecule has 1 saturated heterocycles. The van der Waals surface area contributed by atoms with Crippen molar-refractivity contribution in [2.75, 3.05) is 36.9 Å². The maximum absolute atomic E-state index is 12.7. The second kappa shape index (κ2) is 8.30. The molecule has 2 aromatic carbocycles. The standard InChI is InChI=1S/C19H18F3N3O3/c20-19(21,22)14-2-1-3-16(12-14)24-18(27)23-15-6-4-13(5-7-15)17(26)25-8-10-28-11-9-25/h1-7,12H,8-11H2,(H2,23,24,27). The van der Waals surface area contributed by atoms with E-state index in [9.17, 15) is 22.8 Å². The molecular weight excluding hydrogens is 375 g/mol. The lowest BCUT2D eigenvalue weighted by Crippen LogP contribution is -2.40. The van der Waals surface area contributed by atoms with Gasteiger partial charge in [0.2, 0.25) is 0 Å². The van der Waals surface area contributed by atoms with Crippen molar-refractivity contribution in [2.45, 2.75) is 6.18 Å². The Labute approximate surface area is 159 Å². The van der Waals surface area contributed by atoms with Crippen molar-refractivity contribution in [3.8, 4) is 0 Å². The number of urea groups is 1. The summed E-state index contributed by atoms with van der Waals surface area (Å²) >= 11 is 0. The molecule has 1 aliphatic heterocycles. The van der Waals surface area contributed by atoms with Gasteiger partial charge in [0.15, 0.2) is 0 Å². The predicted molar refractivity (Wildman–Crippen MR) is 97.2 cm³/mol. The largest absolute Gasteiger partial charge is 0.416 e. The third-order valence-corrected chi connectivity index (χ3v) is 4.14. The van der Waals surface area contributed by atoms with E-state index < -0.39 is 17.8 Å². The van der Waals surface area contributed by atoms with Crippen LogP contribution in [0.2, 0.25) is 0 Å². The zero-order valence-electron chi connectivity index (χ0n) is 14.8. The number of nitrogens with zero attached hydrogens (tertiary/aromatic N) is 1. The Hall–Kier alpha value is -3.07. The first-order chi connectivity index (χ1) is 13.3. The van der Waals surface area contributed by atoms with E-state index in [0.717, 1.165) is 12.1 Å². The lowest BCUT2D eigenvalue weighted by atomic mass is 10.1. The molecule has 0 spiro atoms. The Kier molecular flexibility index (Phi) is 5.84. The number of carbonyl (C=O) groups is 2. The number of rotatable bonds is 3. The average Bonchev–Trinajstić information content (AvgIpc) is 2.68. The highest BCUT2D eigenvalue weighted by molar-refractivity contribution is 6.00. The van der Waals surface area contributed by atoms with Crippen LogP contribution in [0.1, 0.15) is 15.9 Å². The first-order valence-corrected chi connectivity index (χ1v) is 8.55. The maximum Gasteiger partial charge on any atom is 0.416 e. The molecule has 0 bridgehead atoms. The Morgan fingerprint density at radius 3 is 2.21 bits per heavy atom. The van der Waals surface area contributed by atoms with Gasteiger partial charge in [-0.2, -0.15) is 13.2 Å². The normalized spacial score (nSPS) is 14.5. The summed E-state index contributed by atoms with van der Waals surface area (Å²) in [4.78, 5) is 26.1. The van der Waals surface area contributed by atoms with Crippen LogP contribution in [0.5, 0.6) is 0 Å². The van der Waals surface area contributed by atoms with Crippen molar-refractivity contribution in [3.05, 3.63) is 59.7 Å². The van der Waals surface area contributed by atoms with Gasteiger partial charge in [-0.3, -0.25) is 4.79 Å². The van der Waals surface area contributed by atoms with Crippen LogP contribution in [-0.4, -0.2) is 43.1 Å². The van der Waals surface area contributed by atoms with E-state index in [1.165, 1.54) is 12.1 Å². The van der Waals surface area contributed by atoms with Gasteiger partial charge < -0.3 is 20.3 Å². The van der Waals surface area contributed by atoms with Crippen molar-refractivity contribution in [3.63, 3.8) is 0 Å². The van der Waals surface area contributed by atoms with Crippen LogP contribution in [0.25, 0.3) is 0 Å². The van der Waals surface area contributed by atoms with Crippen LogP contribution in [0.3, 0.4) is 0 Å². The van der Waals surface area contributed by atoms with Crippen LogP contribution in [-0.2, 0) is 10.9 Å². The number of benzene rings is 2. The fraction of sp³-hybridized carbons (Fsp3) is 0.263. The van der Waals surface area contributed by atoms with E-state index >= 15 is 0 Å². The average molecular weight is 393 g/mol. The minimum atomic E-state index is -4.49. The number of carbonyl (C=O) groups excluding carboxylic acids is 2. The SMILES string of the molecule is O=C(Nc1ccc(C(=O)N2CCOCC2)cc1)Nc1cccc(C(F)(F)F)c1. The zero-order valence-corrected chi connectivity index (χ0v) is 14.8. The van der Waals surface area contributed by atoms with Gasteiger partial charge in [-0.1, -0.05) is 6.07 Å². The number of hydrogen-bond donors (Lipinski definition) is 2. The highest BCUT2D eigenvalue weighted by Gasteiger charge is 2.30. The van der Waals surface area contributed by atoms with E-state index in [1.54, 1.807) is 29.2 Å². The number of nitrogens with one attached hydrogen (secondary N) is 2. The summed E-state index contributed by atoms with van der Waals surface area (Å²) < 4.78 is 43.4. The van der Waals surface area contributed by atoms with E-state index in [2.05, 4.69) is 10.6 Å². The molecule has 3 amide bonds. The molecule has 0 saturated carbocycles. The second-order valence-electron chi connectivity index (χ2n) is 6.14. The molecule has 1 heterocycles. The zero-order chi connectivity index (χ0) is 20.1. The van der Waals surface area contributed by atoms with Crippen molar-refractivity contribution < 1.29 is 27.5 Å². The number of anilines is 2. The molecule has 28 heavy (non-hydrogen) atoms. The quantitative estimate of drug-likeness (QED) is 0.833. The molecule has 1 fully saturated rings. The lowest BCUT2D eigenvalue weighted by molar-refractivity contribution is -0.137. The van der Waals surface area contributed by atoms with Gasteiger partial charge in [0, 0.05) is 30.0 Å². The molecule has 0 atom stereocenters. The third-order valence-electron chi connectivity index (χ3n) is 4.14. The highest BCUT2D eigenvalue weighted by atomic mass is 19.4. The number of morpholine rings is 1. The van der Waals surface area contributed by atoms with Crippen LogP contribution in [0, 0.1) is 0 Å². The van der Waals surface area contributed by atoms with Gasteiger partial charge in [-0.05, 0) is 42.5 Å². The monoisotopic (exact) mass is 393 g/mol. The molecule has 148 valence electrons. The van der Waals surface area contributed by atoms with Crippen molar-refractivity contribution in [2.24, 2.45) is 0 Å². The number of ether oxygens (including phenoxy) is 1. The topological polar surface area (TPSA) is 70.7 Å². The molecule has 0 unspecified atom stereocenters. The summed E-state index contributed by atoms with van der Waals surface area (Å²) in [5.74, 6) is -0.122. The molecule has 2 aromatic rings.